The molecule has 0 bridgehead atoms. The Kier molecular flexibility index (Phi) is 5.27. The lowest BCUT2D eigenvalue weighted by atomic mass is 10.0. The Balaban J connectivity index is 1.95. The van der Waals surface area contributed by atoms with Crippen LogP contribution in [0.25, 0.3) is 0 Å². The molecule has 0 unspecified atom stereocenters. The van der Waals surface area contributed by atoms with Crippen molar-refractivity contribution < 1.29 is 9.53 Å². The van der Waals surface area contributed by atoms with Gasteiger partial charge in [-0.3, -0.25) is 4.79 Å². The van der Waals surface area contributed by atoms with Gasteiger partial charge in [0.25, 0.3) is 5.91 Å². The summed E-state index contributed by atoms with van der Waals surface area (Å²) in [7, 11) is 1.54. The van der Waals surface area contributed by atoms with Crippen LogP contribution in [0.2, 0.25) is 5.02 Å². The number of hydrogen-bond donors (Lipinski definition) is 3. The SMILES string of the molecule is COc1ccc(Cl)cc1NC(=O)C1=C(C)NC(=S)N[C@@H]1c1cccs1. The summed E-state index contributed by atoms with van der Waals surface area (Å²) in [4.78, 5) is 14.0. The van der Waals surface area contributed by atoms with E-state index in [1.165, 1.54) is 0 Å². The molecule has 3 N–H and O–H groups in total. The zero-order chi connectivity index (χ0) is 18.0. The maximum Gasteiger partial charge on any atom is 0.255 e. The Morgan fingerprint density at radius 1 is 1.40 bits per heavy atom. The summed E-state index contributed by atoms with van der Waals surface area (Å²) in [6.07, 6.45) is 0. The number of carbonyl (C=O) groups excluding carboxylic acids is 1. The van der Waals surface area contributed by atoms with E-state index in [1.807, 2.05) is 24.4 Å². The van der Waals surface area contributed by atoms with Crippen LogP contribution < -0.4 is 20.7 Å². The molecule has 2 aromatic rings. The van der Waals surface area contributed by atoms with Crippen LogP contribution in [0.5, 0.6) is 5.75 Å². The number of thiophene rings is 1. The summed E-state index contributed by atoms with van der Waals surface area (Å²) in [6.45, 7) is 1.83. The van der Waals surface area contributed by atoms with Gasteiger partial charge < -0.3 is 20.7 Å². The minimum Gasteiger partial charge on any atom is -0.495 e. The maximum absolute atomic E-state index is 13.0. The van der Waals surface area contributed by atoms with Crippen LogP contribution in [0.1, 0.15) is 17.8 Å². The second-order valence-corrected chi connectivity index (χ2v) is 7.21. The maximum atomic E-state index is 13.0. The van der Waals surface area contributed by atoms with Crippen molar-refractivity contribution in [1.82, 2.24) is 10.6 Å². The van der Waals surface area contributed by atoms with Gasteiger partial charge in [0.15, 0.2) is 5.11 Å². The predicted octanol–water partition coefficient (Wildman–Crippen LogP) is 3.84. The zero-order valence-electron chi connectivity index (χ0n) is 13.6. The number of methoxy groups -OCH3 is 1. The van der Waals surface area contributed by atoms with Crippen LogP contribution in [0.3, 0.4) is 0 Å². The van der Waals surface area contributed by atoms with Crippen LogP contribution in [-0.4, -0.2) is 18.1 Å². The van der Waals surface area contributed by atoms with Crippen molar-refractivity contribution in [2.45, 2.75) is 13.0 Å². The van der Waals surface area contributed by atoms with E-state index in [2.05, 4.69) is 16.0 Å². The highest BCUT2D eigenvalue weighted by Gasteiger charge is 2.30. The predicted molar refractivity (Wildman–Crippen MR) is 105 cm³/mol. The number of allylic oxidation sites excluding steroid dienone is 1. The molecule has 1 aliphatic rings. The van der Waals surface area contributed by atoms with Crippen molar-refractivity contribution in [3.05, 3.63) is 56.9 Å². The molecule has 1 amide bonds. The van der Waals surface area contributed by atoms with Crippen molar-refractivity contribution in [2.24, 2.45) is 0 Å². The number of anilines is 1. The van der Waals surface area contributed by atoms with Crippen molar-refractivity contribution >= 4 is 51.9 Å². The van der Waals surface area contributed by atoms with Gasteiger partial charge in [-0.2, -0.15) is 0 Å². The van der Waals surface area contributed by atoms with Crippen LogP contribution in [0.15, 0.2) is 47.0 Å². The highest BCUT2D eigenvalue weighted by Crippen LogP contribution is 2.33. The highest BCUT2D eigenvalue weighted by molar-refractivity contribution is 7.80. The van der Waals surface area contributed by atoms with Crippen LogP contribution in [0.4, 0.5) is 5.69 Å². The Labute approximate surface area is 160 Å². The van der Waals surface area contributed by atoms with Crippen molar-refractivity contribution in [2.75, 3.05) is 12.4 Å². The third-order valence-corrected chi connectivity index (χ3v) is 5.14. The lowest BCUT2D eigenvalue weighted by molar-refractivity contribution is -0.113. The minimum absolute atomic E-state index is 0.251. The standard InChI is InChI=1S/C17H16ClN3O2S2/c1-9-14(15(21-17(24)19-9)13-4-3-7-25-13)16(22)20-11-8-10(18)5-6-12(11)23-2/h3-8,15H,1-2H3,(H,20,22)(H2,19,21,24)/t15-/m1/s1. The number of halogens is 1. The van der Waals surface area contributed by atoms with E-state index in [-0.39, 0.29) is 11.9 Å². The minimum atomic E-state index is -0.307. The normalized spacial score (nSPS) is 16.9. The third kappa shape index (κ3) is 3.78. The van der Waals surface area contributed by atoms with Gasteiger partial charge in [0.05, 0.1) is 24.4 Å². The summed E-state index contributed by atoms with van der Waals surface area (Å²) in [5, 5.41) is 12.0. The lowest BCUT2D eigenvalue weighted by Gasteiger charge is -2.29. The molecule has 130 valence electrons. The van der Waals surface area contributed by atoms with Gasteiger partial charge in [-0.15, -0.1) is 11.3 Å². The first kappa shape index (κ1) is 17.7. The summed E-state index contributed by atoms with van der Waals surface area (Å²) >= 11 is 12.8. The highest BCUT2D eigenvalue weighted by atomic mass is 35.5. The fourth-order valence-electron chi connectivity index (χ4n) is 2.63. The molecule has 0 saturated heterocycles. The number of thiocarbonyl (C=S) groups is 1. The molecule has 0 saturated carbocycles. The van der Waals surface area contributed by atoms with E-state index >= 15 is 0 Å². The molecule has 25 heavy (non-hydrogen) atoms. The van der Waals surface area contributed by atoms with Crippen LogP contribution in [-0.2, 0) is 4.79 Å². The molecule has 1 atom stereocenters. The van der Waals surface area contributed by atoms with E-state index in [9.17, 15) is 4.79 Å². The second kappa shape index (κ2) is 7.43. The number of ether oxygens (including phenoxy) is 1. The van der Waals surface area contributed by atoms with Gasteiger partial charge in [0.1, 0.15) is 5.75 Å². The molecular weight excluding hydrogens is 378 g/mol. The molecular formula is C17H16ClN3O2S2. The quantitative estimate of drug-likeness (QED) is 0.689. The molecule has 8 heteroatoms. The summed E-state index contributed by atoms with van der Waals surface area (Å²) in [6, 6.07) is 8.68. The first-order valence-corrected chi connectivity index (χ1v) is 9.12. The van der Waals surface area contributed by atoms with E-state index < -0.39 is 0 Å². The van der Waals surface area contributed by atoms with Crippen LogP contribution in [0, 0.1) is 0 Å². The topological polar surface area (TPSA) is 62.4 Å². The lowest BCUT2D eigenvalue weighted by Crippen LogP contribution is -2.45. The van der Waals surface area contributed by atoms with Gasteiger partial charge >= 0.3 is 0 Å². The van der Waals surface area contributed by atoms with Crippen molar-refractivity contribution in [1.29, 1.82) is 0 Å². The molecule has 1 aromatic carbocycles. The fraction of sp³-hybridized carbons (Fsp3) is 0.176. The van der Waals surface area contributed by atoms with Crippen LogP contribution >= 0.6 is 35.2 Å². The first-order chi connectivity index (χ1) is 12.0. The molecule has 1 aliphatic heterocycles. The molecule has 3 rings (SSSR count). The van der Waals surface area contributed by atoms with Gasteiger partial charge in [-0.05, 0) is 48.8 Å². The average molecular weight is 394 g/mol. The Hall–Kier alpha value is -2.09. The molecule has 0 radical (unpaired) electrons. The second-order valence-electron chi connectivity index (χ2n) is 5.38. The smallest absolute Gasteiger partial charge is 0.255 e. The Bertz CT molecular complexity index is 850. The number of rotatable bonds is 4. The number of carbonyl (C=O) groups is 1. The van der Waals surface area contributed by atoms with Gasteiger partial charge in [-0.25, -0.2) is 0 Å². The van der Waals surface area contributed by atoms with Gasteiger partial charge in [0.2, 0.25) is 0 Å². The Morgan fingerprint density at radius 2 is 2.20 bits per heavy atom. The molecule has 2 heterocycles. The first-order valence-electron chi connectivity index (χ1n) is 7.46. The summed E-state index contributed by atoms with van der Waals surface area (Å²) in [5.74, 6) is 0.287. The number of nitrogens with one attached hydrogen (secondary N) is 3. The van der Waals surface area contributed by atoms with E-state index in [4.69, 9.17) is 28.6 Å². The average Bonchev–Trinajstić information content (AvgIpc) is 3.08. The summed E-state index contributed by atoms with van der Waals surface area (Å²) < 4.78 is 5.29. The van der Waals surface area contributed by atoms with Crippen molar-refractivity contribution in [3.8, 4) is 5.75 Å². The number of benzene rings is 1. The number of amides is 1. The number of hydrogen-bond acceptors (Lipinski definition) is 4. The van der Waals surface area contributed by atoms with Gasteiger partial charge in [-0.1, -0.05) is 17.7 Å². The van der Waals surface area contributed by atoms with E-state index in [1.54, 1.807) is 36.6 Å². The Morgan fingerprint density at radius 3 is 2.88 bits per heavy atom. The monoisotopic (exact) mass is 393 g/mol. The van der Waals surface area contributed by atoms with E-state index in [0.717, 1.165) is 4.88 Å². The molecule has 1 aromatic heterocycles. The molecule has 0 aliphatic carbocycles. The molecule has 0 fully saturated rings. The molecule has 0 spiro atoms. The zero-order valence-corrected chi connectivity index (χ0v) is 15.9. The fourth-order valence-corrected chi connectivity index (χ4v) is 3.86. The van der Waals surface area contributed by atoms with Crippen molar-refractivity contribution in [3.63, 3.8) is 0 Å². The third-order valence-electron chi connectivity index (χ3n) is 3.75. The largest absolute Gasteiger partial charge is 0.495 e. The summed E-state index contributed by atoms with van der Waals surface area (Å²) in [5.41, 5.74) is 1.79. The van der Waals surface area contributed by atoms with E-state index in [0.29, 0.717) is 32.8 Å². The van der Waals surface area contributed by atoms with Gasteiger partial charge in [0, 0.05) is 15.6 Å². The molecule has 5 nitrogen and oxygen atoms in total.